The van der Waals surface area contributed by atoms with Crippen LogP contribution < -0.4 is 5.32 Å². The predicted octanol–water partition coefficient (Wildman–Crippen LogP) is 1.82. The van der Waals surface area contributed by atoms with Crippen LogP contribution in [0.4, 0.5) is 0 Å². The normalized spacial score (nSPS) is 48.3. The molecule has 0 aliphatic carbocycles. The summed E-state index contributed by atoms with van der Waals surface area (Å²) in [5.74, 6) is -3.41. The molecule has 3 saturated heterocycles. The van der Waals surface area contributed by atoms with E-state index in [1.165, 1.54) is 14.0 Å². The zero-order chi connectivity index (χ0) is 41.8. The summed E-state index contributed by atoms with van der Waals surface area (Å²) in [5, 5.41) is 62.6. The summed E-state index contributed by atoms with van der Waals surface area (Å²) >= 11 is 0. The van der Waals surface area contributed by atoms with E-state index < -0.39 is 102 Å². The first-order chi connectivity index (χ1) is 25.5. The van der Waals surface area contributed by atoms with Crippen LogP contribution >= 0.6 is 0 Å². The summed E-state index contributed by atoms with van der Waals surface area (Å²) in [6.07, 6.45) is -8.62. The fraction of sp³-hybridized carbons (Fsp3) is 0.975. The fourth-order valence-corrected chi connectivity index (χ4v) is 9.32. The molecule has 15 heteroatoms. The van der Waals surface area contributed by atoms with Crippen LogP contribution in [0.1, 0.15) is 94.9 Å². The fourth-order valence-electron chi connectivity index (χ4n) is 9.32. The molecule has 0 aromatic rings. The molecule has 0 spiro atoms. The molecule has 3 aliphatic heterocycles. The van der Waals surface area contributed by atoms with E-state index in [1.807, 2.05) is 46.7 Å². The molecule has 8 unspecified atom stereocenters. The summed E-state index contributed by atoms with van der Waals surface area (Å²) in [4.78, 5) is 16.2. The highest BCUT2D eigenvalue weighted by molar-refractivity contribution is 5.73. The predicted molar refractivity (Wildman–Crippen MR) is 205 cm³/mol. The van der Waals surface area contributed by atoms with Crippen LogP contribution in [-0.2, 0) is 38.0 Å². The second-order valence-corrected chi connectivity index (χ2v) is 17.7. The third kappa shape index (κ3) is 11.2. The largest absolute Gasteiger partial charge is 0.459 e. The van der Waals surface area contributed by atoms with Gasteiger partial charge in [0.05, 0.1) is 54.2 Å². The maximum absolute atomic E-state index is 14.3. The van der Waals surface area contributed by atoms with Gasteiger partial charge in [0.25, 0.3) is 0 Å². The van der Waals surface area contributed by atoms with E-state index in [9.17, 15) is 30.3 Å². The van der Waals surface area contributed by atoms with Crippen LogP contribution in [0, 0.1) is 23.7 Å². The zero-order valence-electron chi connectivity index (χ0n) is 35.9. The average Bonchev–Trinajstić information content (AvgIpc) is 3.11. The van der Waals surface area contributed by atoms with Gasteiger partial charge in [-0.2, -0.15) is 0 Å². The molecule has 324 valence electrons. The van der Waals surface area contributed by atoms with Gasteiger partial charge in [-0.25, -0.2) is 0 Å². The Morgan fingerprint density at radius 2 is 1.55 bits per heavy atom. The van der Waals surface area contributed by atoms with Crippen LogP contribution in [0.3, 0.4) is 0 Å². The Morgan fingerprint density at radius 1 is 0.909 bits per heavy atom. The number of hydrogen-bond donors (Lipinski definition) is 6. The second kappa shape index (κ2) is 19.8. The number of ether oxygens (including phenoxy) is 7. The Hall–Kier alpha value is -1.05. The Bertz CT molecular complexity index is 1190. The van der Waals surface area contributed by atoms with Gasteiger partial charge in [-0.15, -0.1) is 0 Å². The molecule has 3 aliphatic rings. The molecule has 0 aromatic heterocycles. The number of rotatable bonds is 11. The molecule has 3 fully saturated rings. The molecular weight excluding hydrogens is 716 g/mol. The minimum Gasteiger partial charge on any atom is -0.459 e. The van der Waals surface area contributed by atoms with E-state index >= 15 is 0 Å². The van der Waals surface area contributed by atoms with E-state index in [1.54, 1.807) is 41.7 Å². The summed E-state index contributed by atoms with van der Waals surface area (Å²) in [5.41, 5.74) is -4.53. The van der Waals surface area contributed by atoms with Crippen molar-refractivity contribution >= 4 is 5.97 Å². The number of nitrogens with one attached hydrogen (secondary N) is 1. The van der Waals surface area contributed by atoms with Crippen molar-refractivity contribution in [2.24, 2.45) is 23.7 Å². The van der Waals surface area contributed by atoms with Gasteiger partial charge in [0, 0.05) is 51.1 Å². The molecule has 3 rings (SSSR count). The second-order valence-electron chi connectivity index (χ2n) is 17.7. The molecule has 0 bridgehead atoms. The van der Waals surface area contributed by atoms with Gasteiger partial charge >= 0.3 is 5.97 Å². The molecule has 55 heavy (non-hydrogen) atoms. The number of carbonyl (C=O) groups is 1. The van der Waals surface area contributed by atoms with Crippen molar-refractivity contribution in [3.8, 4) is 0 Å². The Labute approximate surface area is 329 Å². The van der Waals surface area contributed by atoms with E-state index in [4.69, 9.17) is 33.2 Å². The lowest BCUT2D eigenvalue weighted by Gasteiger charge is -2.49. The molecular formula is C40H76N2O13. The van der Waals surface area contributed by atoms with Crippen molar-refractivity contribution in [3.63, 3.8) is 0 Å². The van der Waals surface area contributed by atoms with Gasteiger partial charge in [0.15, 0.2) is 12.6 Å². The lowest BCUT2D eigenvalue weighted by molar-refractivity contribution is -0.318. The van der Waals surface area contributed by atoms with Crippen molar-refractivity contribution in [2.45, 2.75) is 185 Å². The topological polar surface area (TPSA) is 198 Å². The van der Waals surface area contributed by atoms with E-state index in [0.29, 0.717) is 19.6 Å². The highest BCUT2D eigenvalue weighted by atomic mass is 16.7. The van der Waals surface area contributed by atoms with Gasteiger partial charge in [-0.1, -0.05) is 27.7 Å². The van der Waals surface area contributed by atoms with E-state index in [0.717, 1.165) is 0 Å². The van der Waals surface area contributed by atoms with E-state index in [2.05, 4.69) is 5.32 Å². The van der Waals surface area contributed by atoms with Crippen molar-refractivity contribution in [1.82, 2.24) is 10.2 Å². The monoisotopic (exact) mass is 793 g/mol. The van der Waals surface area contributed by atoms with Gasteiger partial charge in [-0.05, 0) is 80.8 Å². The van der Waals surface area contributed by atoms with E-state index in [-0.39, 0.29) is 37.3 Å². The van der Waals surface area contributed by atoms with Crippen LogP contribution in [-0.4, -0.2) is 168 Å². The highest BCUT2D eigenvalue weighted by Crippen LogP contribution is 2.41. The molecule has 3 heterocycles. The lowest BCUT2D eigenvalue weighted by atomic mass is 9.72. The van der Waals surface area contributed by atoms with Gasteiger partial charge in [0.2, 0.25) is 0 Å². The third-order valence-electron chi connectivity index (χ3n) is 12.8. The maximum atomic E-state index is 14.3. The standard InChI is InChI=1S/C40H76N2O13/c1-15-28-40(10,48)33(44)23(4)30(41-16-17-49-13)21(2)19-38(8,47)35(55-37-31(43)27(42(11)12)18-22(3)51-37)24(5)32(25(6)36(46)53-28)54-29-20-39(9,50-14)34(45)26(7)52-29/h21-35,37,41,43-45,47-48H,15-20H2,1-14H3/t21-,22?,23+,24+,25-,26?,27?,28-,29?,30+,31?,32+,33-,34?,35-,37?,38-,39?,40-/m1/s1. The van der Waals surface area contributed by atoms with Crippen LogP contribution in [0.5, 0.6) is 0 Å². The number of likely N-dealkylation sites (N-methyl/N-ethyl adjacent to an activating group) is 1. The van der Waals surface area contributed by atoms with Crippen LogP contribution in [0.2, 0.25) is 0 Å². The number of esters is 1. The van der Waals surface area contributed by atoms with Crippen molar-refractivity contribution in [2.75, 3.05) is 41.5 Å². The molecule has 19 atom stereocenters. The number of carbonyl (C=O) groups excluding carboxylic acids is 1. The maximum Gasteiger partial charge on any atom is 0.311 e. The number of nitrogens with zero attached hydrogens (tertiary/aromatic N) is 1. The van der Waals surface area contributed by atoms with Crippen LogP contribution in [0.25, 0.3) is 0 Å². The number of aliphatic hydroxyl groups excluding tert-OH is 3. The SMILES string of the molecule is CC[C@H]1OC(=O)[C@H](C)[C@@H](OC2CC(C)(OC)C(O)C(C)O2)[C@H](C)[C@@H](OC2OC(C)CC(N(C)C)C2O)[C@](C)(O)C[C@@H](C)[C@H](NCCOC)[C@H](C)[C@@H](O)[C@]1(C)O. The molecule has 15 nitrogen and oxygen atoms in total. The Kier molecular flexibility index (Phi) is 17.4. The number of methoxy groups -OCH3 is 2. The number of hydrogen-bond acceptors (Lipinski definition) is 15. The zero-order valence-corrected chi connectivity index (χ0v) is 35.9. The van der Waals surface area contributed by atoms with Gasteiger partial charge < -0.3 is 68.9 Å². The molecule has 6 N–H and O–H groups in total. The number of aliphatic hydroxyl groups is 5. The van der Waals surface area contributed by atoms with Crippen molar-refractivity contribution < 1.29 is 63.5 Å². The summed E-state index contributed by atoms with van der Waals surface area (Å²) in [7, 11) is 6.86. The first kappa shape index (κ1) is 48.3. The van der Waals surface area contributed by atoms with Crippen LogP contribution in [0.15, 0.2) is 0 Å². The molecule has 0 amide bonds. The van der Waals surface area contributed by atoms with Gasteiger partial charge in [-0.3, -0.25) is 4.79 Å². The van der Waals surface area contributed by atoms with Crippen molar-refractivity contribution in [3.05, 3.63) is 0 Å². The highest BCUT2D eigenvalue weighted by Gasteiger charge is 2.53. The minimum absolute atomic E-state index is 0.122. The minimum atomic E-state index is -1.85. The third-order valence-corrected chi connectivity index (χ3v) is 12.8. The average molecular weight is 793 g/mol. The lowest BCUT2D eigenvalue weighted by Crippen LogP contribution is -2.62. The van der Waals surface area contributed by atoms with Crippen molar-refractivity contribution in [1.29, 1.82) is 0 Å². The summed E-state index contributed by atoms with van der Waals surface area (Å²) < 4.78 is 43.0. The molecule has 0 saturated carbocycles. The Morgan fingerprint density at radius 3 is 2.11 bits per heavy atom. The first-order valence-corrected chi connectivity index (χ1v) is 20.2. The quantitative estimate of drug-likeness (QED) is 0.131. The summed E-state index contributed by atoms with van der Waals surface area (Å²) in [6.45, 7) is 18.4. The smallest absolute Gasteiger partial charge is 0.311 e. The molecule has 0 aromatic carbocycles. The Balaban J connectivity index is 2.22. The summed E-state index contributed by atoms with van der Waals surface area (Å²) in [6, 6.07) is -0.746. The number of cyclic esters (lactones) is 1. The van der Waals surface area contributed by atoms with Gasteiger partial charge in [0.1, 0.15) is 23.9 Å². The molecule has 0 radical (unpaired) electrons. The first-order valence-electron chi connectivity index (χ1n) is 20.2.